The average Bonchev–Trinajstić information content (AvgIpc) is 2.80. The Morgan fingerprint density at radius 1 is 1.28 bits per heavy atom. The monoisotopic (exact) mass is 341 g/mol. The van der Waals surface area contributed by atoms with Crippen LogP contribution in [0.4, 0.5) is 15.3 Å². The maximum Gasteiger partial charge on any atom is 0.414 e. The minimum absolute atomic E-state index is 0.154. The molecule has 0 bridgehead atoms. The molecule has 25 heavy (non-hydrogen) atoms. The first-order valence-electron chi connectivity index (χ1n) is 8.33. The molecule has 1 N–H and O–H groups in total. The SMILES string of the molecule is [B]C(=O)N1CCc2ccc(N3C[C@H](CNC(C)=O)OC3=O)cc2CC1. The van der Waals surface area contributed by atoms with Crippen LogP contribution < -0.4 is 10.2 Å². The first-order chi connectivity index (χ1) is 11.9. The molecule has 1 aromatic carbocycles. The van der Waals surface area contributed by atoms with Crippen LogP contribution in [0.25, 0.3) is 0 Å². The van der Waals surface area contributed by atoms with E-state index >= 15 is 0 Å². The van der Waals surface area contributed by atoms with Crippen LogP contribution in [-0.4, -0.2) is 62.8 Å². The van der Waals surface area contributed by atoms with E-state index in [9.17, 15) is 14.4 Å². The highest BCUT2D eigenvalue weighted by Gasteiger charge is 2.32. The number of cyclic esters (lactones) is 1. The smallest absolute Gasteiger partial charge is 0.414 e. The van der Waals surface area contributed by atoms with E-state index in [4.69, 9.17) is 12.6 Å². The Hall–Kier alpha value is -2.51. The van der Waals surface area contributed by atoms with Crippen LogP contribution in [0.1, 0.15) is 18.1 Å². The van der Waals surface area contributed by atoms with E-state index in [-0.39, 0.29) is 12.0 Å². The fourth-order valence-corrected chi connectivity index (χ4v) is 3.20. The Morgan fingerprint density at radius 3 is 2.68 bits per heavy atom. The number of nitrogens with one attached hydrogen (secondary N) is 1. The molecule has 130 valence electrons. The number of carbonyl (C=O) groups excluding carboxylic acids is 3. The van der Waals surface area contributed by atoms with Crippen LogP contribution in [0.5, 0.6) is 0 Å². The van der Waals surface area contributed by atoms with E-state index in [1.165, 1.54) is 6.92 Å². The Labute approximate surface area is 147 Å². The molecule has 7 nitrogen and oxygen atoms in total. The lowest BCUT2D eigenvalue weighted by Gasteiger charge is -2.18. The third-order valence-electron chi connectivity index (χ3n) is 4.57. The quantitative estimate of drug-likeness (QED) is 0.827. The molecule has 1 fully saturated rings. The zero-order valence-corrected chi connectivity index (χ0v) is 14.2. The predicted molar refractivity (Wildman–Crippen MR) is 92.9 cm³/mol. The van der Waals surface area contributed by atoms with Crippen molar-refractivity contribution in [3.63, 3.8) is 0 Å². The Morgan fingerprint density at radius 2 is 2.00 bits per heavy atom. The van der Waals surface area contributed by atoms with E-state index in [1.54, 1.807) is 9.80 Å². The summed E-state index contributed by atoms with van der Waals surface area (Å²) in [4.78, 5) is 37.7. The second-order valence-corrected chi connectivity index (χ2v) is 6.33. The summed E-state index contributed by atoms with van der Waals surface area (Å²) < 4.78 is 5.30. The average molecular weight is 341 g/mol. The van der Waals surface area contributed by atoms with Crippen molar-refractivity contribution in [1.29, 1.82) is 0 Å². The van der Waals surface area contributed by atoms with Gasteiger partial charge in [-0.15, -0.1) is 0 Å². The number of ether oxygens (including phenoxy) is 1. The van der Waals surface area contributed by atoms with Crippen LogP contribution >= 0.6 is 0 Å². The summed E-state index contributed by atoms with van der Waals surface area (Å²) in [5.74, 6) is -0.560. The summed E-state index contributed by atoms with van der Waals surface area (Å²) in [5.41, 5.74) is 3.04. The third kappa shape index (κ3) is 3.95. The second kappa shape index (κ2) is 7.17. The lowest BCUT2D eigenvalue weighted by molar-refractivity contribution is -0.119. The van der Waals surface area contributed by atoms with E-state index in [0.29, 0.717) is 32.6 Å². The van der Waals surface area contributed by atoms with Gasteiger partial charge in [0.15, 0.2) is 5.81 Å². The first-order valence-corrected chi connectivity index (χ1v) is 8.33. The summed E-state index contributed by atoms with van der Waals surface area (Å²) in [6.07, 6.45) is 0.668. The maximum absolute atomic E-state index is 12.1. The van der Waals surface area contributed by atoms with Gasteiger partial charge < -0.3 is 15.0 Å². The van der Waals surface area contributed by atoms with Crippen molar-refractivity contribution in [3.8, 4) is 0 Å². The standard InChI is InChI=1S/C17H20BN3O4/c1-11(22)19-9-15-10-21(17(24)25-15)14-3-2-12-4-6-20(16(18)23)7-5-13(12)8-14/h2-3,8,15H,4-7,9-10H2,1H3,(H,19,22)/t15-/m0/s1. The van der Waals surface area contributed by atoms with Gasteiger partial charge in [0.2, 0.25) is 13.8 Å². The molecule has 1 atom stereocenters. The van der Waals surface area contributed by atoms with Crippen LogP contribution in [-0.2, 0) is 22.4 Å². The van der Waals surface area contributed by atoms with Crippen molar-refractivity contribution in [1.82, 2.24) is 10.2 Å². The molecule has 1 saturated heterocycles. The van der Waals surface area contributed by atoms with E-state index in [0.717, 1.165) is 23.2 Å². The number of rotatable bonds is 3. The molecule has 2 heterocycles. The largest absolute Gasteiger partial charge is 0.442 e. The lowest BCUT2D eigenvalue weighted by atomic mass is 10.0. The van der Waals surface area contributed by atoms with Gasteiger partial charge in [-0.25, -0.2) is 4.79 Å². The summed E-state index contributed by atoms with van der Waals surface area (Å²) in [5, 5.41) is 2.66. The number of hydrogen-bond acceptors (Lipinski definition) is 4. The van der Waals surface area contributed by atoms with Crippen LogP contribution in [0.15, 0.2) is 18.2 Å². The van der Waals surface area contributed by atoms with Crippen molar-refractivity contribution in [2.24, 2.45) is 0 Å². The zero-order chi connectivity index (χ0) is 18.0. The number of anilines is 1. The van der Waals surface area contributed by atoms with Crippen LogP contribution in [0, 0.1) is 0 Å². The molecule has 2 aliphatic heterocycles. The number of amides is 3. The van der Waals surface area contributed by atoms with Crippen molar-refractivity contribution < 1.29 is 19.1 Å². The molecule has 2 aliphatic rings. The van der Waals surface area contributed by atoms with Gasteiger partial charge in [-0.05, 0) is 36.1 Å². The molecular formula is C17H20BN3O4. The van der Waals surface area contributed by atoms with Gasteiger partial charge in [0.05, 0.1) is 13.1 Å². The molecule has 1 aromatic rings. The molecule has 0 aliphatic carbocycles. The molecule has 8 heteroatoms. The normalized spacial score (nSPS) is 19.9. The molecule has 3 amide bonds. The third-order valence-corrected chi connectivity index (χ3v) is 4.57. The minimum atomic E-state index is -0.414. The van der Waals surface area contributed by atoms with Gasteiger partial charge in [-0.3, -0.25) is 14.5 Å². The molecule has 0 saturated carbocycles. The van der Waals surface area contributed by atoms with E-state index < -0.39 is 11.9 Å². The highest BCUT2D eigenvalue weighted by molar-refractivity contribution is 6.56. The number of benzene rings is 1. The summed E-state index contributed by atoms with van der Waals surface area (Å²) in [6, 6.07) is 5.85. The minimum Gasteiger partial charge on any atom is -0.442 e. The fraction of sp³-hybridized carbons (Fsp3) is 0.471. The summed E-state index contributed by atoms with van der Waals surface area (Å²) in [6.45, 7) is 3.30. The van der Waals surface area contributed by atoms with Crippen LogP contribution in [0.3, 0.4) is 0 Å². The van der Waals surface area contributed by atoms with Crippen molar-refractivity contribution in [2.45, 2.75) is 25.9 Å². The Bertz CT molecular complexity index is 709. The first kappa shape index (κ1) is 17.3. The van der Waals surface area contributed by atoms with Crippen molar-refractivity contribution in [3.05, 3.63) is 29.3 Å². The molecular weight excluding hydrogens is 321 g/mol. The van der Waals surface area contributed by atoms with Gasteiger partial charge >= 0.3 is 6.09 Å². The number of fused-ring (bicyclic) bond motifs is 1. The highest BCUT2D eigenvalue weighted by atomic mass is 16.6. The number of hydrogen-bond donors (Lipinski definition) is 1. The van der Waals surface area contributed by atoms with E-state index in [2.05, 4.69) is 5.32 Å². The topological polar surface area (TPSA) is 79.0 Å². The Kier molecular flexibility index (Phi) is 4.97. The molecule has 0 aromatic heterocycles. The predicted octanol–water partition coefficient (Wildman–Crippen LogP) is 0.837. The van der Waals surface area contributed by atoms with Crippen molar-refractivity contribution >= 4 is 31.3 Å². The van der Waals surface area contributed by atoms with Gasteiger partial charge in [0, 0.05) is 25.7 Å². The summed E-state index contributed by atoms with van der Waals surface area (Å²) in [7, 11) is 5.37. The van der Waals surface area contributed by atoms with E-state index in [1.807, 2.05) is 18.2 Å². The Balaban J connectivity index is 1.71. The van der Waals surface area contributed by atoms with Gasteiger partial charge in [-0.2, -0.15) is 0 Å². The van der Waals surface area contributed by atoms with Crippen LogP contribution in [0.2, 0.25) is 0 Å². The zero-order valence-electron chi connectivity index (χ0n) is 14.2. The maximum atomic E-state index is 12.1. The second-order valence-electron chi connectivity index (χ2n) is 6.33. The van der Waals surface area contributed by atoms with Crippen molar-refractivity contribution in [2.75, 3.05) is 31.1 Å². The fourth-order valence-electron chi connectivity index (χ4n) is 3.20. The molecule has 2 radical (unpaired) electrons. The molecule has 3 rings (SSSR count). The molecule has 0 unspecified atom stereocenters. The number of nitrogens with zero attached hydrogens (tertiary/aromatic N) is 2. The van der Waals surface area contributed by atoms with Gasteiger partial charge in [0.1, 0.15) is 6.10 Å². The van der Waals surface area contributed by atoms with Gasteiger partial charge in [0.25, 0.3) is 0 Å². The number of carbonyl (C=O) groups is 3. The highest BCUT2D eigenvalue weighted by Crippen LogP contribution is 2.26. The lowest BCUT2D eigenvalue weighted by Crippen LogP contribution is -2.33. The summed E-state index contributed by atoms with van der Waals surface area (Å²) >= 11 is 0. The van der Waals surface area contributed by atoms with Gasteiger partial charge in [-0.1, -0.05) is 6.07 Å². The molecule has 0 spiro atoms.